The Hall–Kier alpha value is -0.290. The minimum absolute atomic E-state index is 0.155. The van der Waals surface area contributed by atoms with Crippen LogP contribution in [0.1, 0.15) is 42.6 Å². The molecular weight excluding hydrogens is 269 g/mol. The van der Waals surface area contributed by atoms with Crippen LogP contribution in [-0.2, 0) is 16.3 Å². The van der Waals surface area contributed by atoms with Crippen molar-refractivity contribution in [1.29, 1.82) is 0 Å². The SMILES string of the molecule is Cc1ccc(C(C)C)c(C(CN)OP(O)(O)=S)c1. The van der Waals surface area contributed by atoms with Crippen LogP contribution in [0.4, 0.5) is 0 Å². The van der Waals surface area contributed by atoms with Crippen molar-refractivity contribution in [2.75, 3.05) is 6.54 Å². The third kappa shape index (κ3) is 4.43. The summed E-state index contributed by atoms with van der Waals surface area (Å²) in [4.78, 5) is 18.6. The van der Waals surface area contributed by atoms with E-state index >= 15 is 0 Å². The summed E-state index contributed by atoms with van der Waals surface area (Å²) in [7, 11) is 0. The van der Waals surface area contributed by atoms with Crippen LogP contribution in [0, 0.1) is 6.92 Å². The molecule has 0 radical (unpaired) electrons. The predicted molar refractivity (Wildman–Crippen MR) is 76.9 cm³/mol. The zero-order valence-electron chi connectivity index (χ0n) is 10.8. The molecule has 0 aliphatic heterocycles. The van der Waals surface area contributed by atoms with Crippen LogP contribution >= 0.6 is 6.72 Å². The van der Waals surface area contributed by atoms with Gasteiger partial charge in [0.1, 0.15) is 6.10 Å². The number of hydrogen-bond donors (Lipinski definition) is 3. The molecule has 6 heteroatoms. The van der Waals surface area contributed by atoms with Crippen molar-refractivity contribution in [2.45, 2.75) is 32.8 Å². The van der Waals surface area contributed by atoms with E-state index in [0.717, 1.165) is 16.7 Å². The van der Waals surface area contributed by atoms with E-state index in [-0.39, 0.29) is 6.54 Å². The molecule has 1 rings (SSSR count). The maximum atomic E-state index is 9.28. The van der Waals surface area contributed by atoms with Crippen LogP contribution in [-0.4, -0.2) is 16.3 Å². The molecule has 1 aromatic rings. The van der Waals surface area contributed by atoms with Crippen molar-refractivity contribution in [1.82, 2.24) is 0 Å². The molecule has 4 N–H and O–H groups in total. The Morgan fingerprint density at radius 2 is 1.94 bits per heavy atom. The normalized spacial score (nSPS) is 13.9. The van der Waals surface area contributed by atoms with Crippen molar-refractivity contribution in [3.8, 4) is 0 Å². The molecule has 0 fully saturated rings. The highest BCUT2D eigenvalue weighted by Gasteiger charge is 2.22. The van der Waals surface area contributed by atoms with E-state index in [1.165, 1.54) is 0 Å². The number of aryl methyl sites for hydroxylation is 1. The van der Waals surface area contributed by atoms with Crippen LogP contribution in [0.15, 0.2) is 18.2 Å². The monoisotopic (exact) mass is 289 g/mol. The Bertz CT molecular complexity index is 459. The first-order chi connectivity index (χ1) is 8.24. The van der Waals surface area contributed by atoms with Gasteiger partial charge in [-0.05, 0) is 35.8 Å². The van der Waals surface area contributed by atoms with Crippen LogP contribution < -0.4 is 5.73 Å². The first-order valence-electron chi connectivity index (χ1n) is 5.79. The van der Waals surface area contributed by atoms with Gasteiger partial charge in [0.15, 0.2) is 0 Å². The molecule has 0 saturated heterocycles. The third-order valence-corrected chi connectivity index (χ3v) is 3.48. The molecule has 0 aliphatic carbocycles. The number of nitrogens with two attached hydrogens (primary N) is 1. The molecule has 0 aromatic heterocycles. The Balaban J connectivity index is 3.19. The summed E-state index contributed by atoms with van der Waals surface area (Å²) >= 11 is 4.51. The first kappa shape index (κ1) is 15.8. The third-order valence-electron chi connectivity index (χ3n) is 2.69. The Morgan fingerprint density at radius 3 is 2.39 bits per heavy atom. The number of rotatable bonds is 5. The predicted octanol–water partition coefficient (Wildman–Crippen LogP) is 2.34. The van der Waals surface area contributed by atoms with Crippen LogP contribution in [0.25, 0.3) is 0 Å². The quantitative estimate of drug-likeness (QED) is 0.725. The summed E-state index contributed by atoms with van der Waals surface area (Å²) in [6.45, 7) is 2.54. The summed E-state index contributed by atoms with van der Waals surface area (Å²) in [6.07, 6.45) is -0.580. The molecule has 0 amide bonds. The highest BCUT2D eigenvalue weighted by molar-refractivity contribution is 8.06. The molecule has 4 nitrogen and oxygen atoms in total. The fourth-order valence-electron chi connectivity index (χ4n) is 1.89. The van der Waals surface area contributed by atoms with Gasteiger partial charge in [0.05, 0.1) is 0 Å². The van der Waals surface area contributed by atoms with Crippen molar-refractivity contribution >= 4 is 18.5 Å². The second-order valence-corrected chi connectivity index (χ2v) is 7.23. The van der Waals surface area contributed by atoms with Gasteiger partial charge in [-0.2, -0.15) is 0 Å². The lowest BCUT2D eigenvalue weighted by molar-refractivity contribution is 0.175. The van der Waals surface area contributed by atoms with E-state index in [1.807, 2.05) is 25.1 Å². The fourth-order valence-corrected chi connectivity index (χ4v) is 2.73. The van der Waals surface area contributed by atoms with Crippen molar-refractivity contribution in [3.63, 3.8) is 0 Å². The highest BCUT2D eigenvalue weighted by Crippen LogP contribution is 2.43. The second kappa shape index (κ2) is 6.24. The van der Waals surface area contributed by atoms with Crippen LogP contribution in [0.2, 0.25) is 0 Å². The molecule has 1 unspecified atom stereocenters. The minimum Gasteiger partial charge on any atom is -0.328 e. The van der Waals surface area contributed by atoms with Gasteiger partial charge in [0, 0.05) is 6.54 Å². The molecule has 0 spiro atoms. The minimum atomic E-state index is -3.72. The second-order valence-electron chi connectivity index (χ2n) is 4.61. The van der Waals surface area contributed by atoms with E-state index in [9.17, 15) is 9.79 Å². The summed E-state index contributed by atoms with van der Waals surface area (Å²) in [6, 6.07) is 5.98. The standard InChI is InChI=1S/C12H20NO3PS/c1-8(2)10-5-4-9(3)6-11(10)12(7-13)16-17(14,15)18/h4-6,8,12H,7,13H2,1-3H3,(H2,14,15,18). The molecule has 0 aliphatic rings. The number of hydrogen-bond acceptors (Lipinski definition) is 3. The number of benzene rings is 1. The average molecular weight is 289 g/mol. The van der Waals surface area contributed by atoms with Crippen molar-refractivity contribution in [2.24, 2.45) is 5.73 Å². The maximum absolute atomic E-state index is 9.28. The lowest BCUT2D eigenvalue weighted by atomic mass is 9.92. The van der Waals surface area contributed by atoms with Crippen LogP contribution in [0.5, 0.6) is 0 Å². The van der Waals surface area contributed by atoms with Gasteiger partial charge in [0.25, 0.3) is 0 Å². The van der Waals surface area contributed by atoms with Crippen LogP contribution in [0.3, 0.4) is 0 Å². The molecule has 1 atom stereocenters. The highest BCUT2D eigenvalue weighted by atomic mass is 32.5. The van der Waals surface area contributed by atoms with E-state index in [1.54, 1.807) is 0 Å². The van der Waals surface area contributed by atoms with E-state index in [2.05, 4.69) is 25.7 Å². The lowest BCUT2D eigenvalue weighted by Gasteiger charge is -2.23. The zero-order valence-corrected chi connectivity index (χ0v) is 12.5. The van der Waals surface area contributed by atoms with Gasteiger partial charge >= 0.3 is 6.72 Å². The Morgan fingerprint density at radius 1 is 1.33 bits per heavy atom. The van der Waals surface area contributed by atoms with E-state index in [4.69, 9.17) is 10.3 Å². The summed E-state index contributed by atoms with van der Waals surface area (Å²) < 4.78 is 5.13. The summed E-state index contributed by atoms with van der Waals surface area (Å²) in [5.41, 5.74) is 8.69. The van der Waals surface area contributed by atoms with Crippen molar-refractivity contribution < 1.29 is 14.3 Å². The maximum Gasteiger partial charge on any atom is 0.322 e. The van der Waals surface area contributed by atoms with Gasteiger partial charge < -0.3 is 15.5 Å². The smallest absolute Gasteiger partial charge is 0.322 e. The average Bonchev–Trinajstić information content (AvgIpc) is 2.24. The van der Waals surface area contributed by atoms with E-state index in [0.29, 0.717) is 5.92 Å². The van der Waals surface area contributed by atoms with E-state index < -0.39 is 12.8 Å². The molecule has 102 valence electrons. The van der Waals surface area contributed by atoms with Crippen molar-refractivity contribution in [3.05, 3.63) is 34.9 Å². The molecule has 1 aromatic carbocycles. The Labute approximate surface area is 113 Å². The van der Waals surface area contributed by atoms with Gasteiger partial charge in [-0.3, -0.25) is 4.52 Å². The van der Waals surface area contributed by atoms with Gasteiger partial charge in [-0.1, -0.05) is 37.6 Å². The summed E-state index contributed by atoms with van der Waals surface area (Å²) in [5.74, 6) is 0.300. The molecule has 0 bridgehead atoms. The van der Waals surface area contributed by atoms with Gasteiger partial charge in [-0.15, -0.1) is 0 Å². The zero-order chi connectivity index (χ0) is 13.9. The molecule has 0 saturated carbocycles. The molecule has 18 heavy (non-hydrogen) atoms. The first-order valence-corrected chi connectivity index (χ1v) is 8.41. The topological polar surface area (TPSA) is 75.7 Å². The lowest BCUT2D eigenvalue weighted by Crippen LogP contribution is -2.17. The molecular formula is C12H20NO3PS. The summed E-state index contributed by atoms with van der Waals surface area (Å²) in [5, 5.41) is 0. The molecule has 0 heterocycles. The fraction of sp³-hybridized carbons (Fsp3) is 0.500. The van der Waals surface area contributed by atoms with Gasteiger partial charge in [-0.25, -0.2) is 0 Å². The Kier molecular flexibility index (Phi) is 5.46. The van der Waals surface area contributed by atoms with Gasteiger partial charge in [0.2, 0.25) is 0 Å². The largest absolute Gasteiger partial charge is 0.328 e.